The van der Waals surface area contributed by atoms with E-state index >= 15 is 0 Å². The summed E-state index contributed by atoms with van der Waals surface area (Å²) >= 11 is 12.2. The van der Waals surface area contributed by atoms with E-state index in [4.69, 9.17) is 28.3 Å². The van der Waals surface area contributed by atoms with Crippen LogP contribution in [0.25, 0.3) is 0 Å². The molecule has 3 unspecified atom stereocenters. The van der Waals surface area contributed by atoms with Crippen LogP contribution in [-0.4, -0.2) is 24.2 Å². The van der Waals surface area contributed by atoms with E-state index < -0.39 is 0 Å². The number of hydrogen-bond acceptors (Lipinski definition) is 2. The van der Waals surface area contributed by atoms with Gasteiger partial charge < -0.3 is 10.4 Å². The fraction of sp³-hybridized carbons (Fsp3) is 0.588. The lowest BCUT2D eigenvalue weighted by Crippen LogP contribution is -2.31. The number of nitrogens with one attached hydrogen (secondary N) is 1. The number of aliphatic hydroxyl groups excluding tert-OH is 1. The molecule has 3 nitrogen and oxygen atoms in total. The van der Waals surface area contributed by atoms with Gasteiger partial charge >= 0.3 is 0 Å². The molecule has 1 aliphatic rings. The van der Waals surface area contributed by atoms with Gasteiger partial charge in [0.05, 0.1) is 10.0 Å². The summed E-state index contributed by atoms with van der Waals surface area (Å²) in [4.78, 5) is 12.2. The third kappa shape index (κ3) is 4.37. The van der Waals surface area contributed by atoms with Gasteiger partial charge in [0.1, 0.15) is 0 Å². The van der Waals surface area contributed by atoms with Crippen molar-refractivity contribution in [2.24, 2.45) is 11.8 Å². The first-order valence-electron chi connectivity index (χ1n) is 7.90. The first-order valence-corrected chi connectivity index (χ1v) is 8.66. The third-order valence-electron chi connectivity index (χ3n) is 4.31. The number of amides is 1. The van der Waals surface area contributed by atoms with Crippen molar-refractivity contribution in [2.45, 2.75) is 38.5 Å². The summed E-state index contributed by atoms with van der Waals surface area (Å²) < 4.78 is 0. The smallest absolute Gasteiger partial charge is 0.223 e. The number of hydrogen-bond donors (Lipinski definition) is 2. The van der Waals surface area contributed by atoms with Gasteiger partial charge in [-0.15, -0.1) is 0 Å². The zero-order valence-corrected chi connectivity index (χ0v) is 14.3. The number of carbonyl (C=O) groups excluding carboxylic acids is 1. The summed E-state index contributed by atoms with van der Waals surface area (Å²) in [5.74, 6) is 0.604. The Morgan fingerprint density at radius 2 is 2.18 bits per heavy atom. The molecule has 0 radical (unpaired) electrons. The minimum atomic E-state index is -0.00707. The van der Waals surface area contributed by atoms with Crippen molar-refractivity contribution < 1.29 is 9.90 Å². The molecule has 0 bridgehead atoms. The SMILES string of the molecule is CCCC(CCO)CNC(=O)C1CC1c1cccc(Cl)c1Cl. The van der Waals surface area contributed by atoms with Crippen LogP contribution < -0.4 is 5.32 Å². The largest absolute Gasteiger partial charge is 0.396 e. The minimum absolute atomic E-state index is 0.00707. The van der Waals surface area contributed by atoms with Crippen LogP contribution in [0.2, 0.25) is 10.0 Å². The van der Waals surface area contributed by atoms with Crippen molar-refractivity contribution in [1.82, 2.24) is 5.32 Å². The Morgan fingerprint density at radius 3 is 2.86 bits per heavy atom. The van der Waals surface area contributed by atoms with Crippen molar-refractivity contribution in [3.8, 4) is 0 Å². The minimum Gasteiger partial charge on any atom is -0.396 e. The van der Waals surface area contributed by atoms with Crippen LogP contribution in [0.15, 0.2) is 18.2 Å². The van der Waals surface area contributed by atoms with E-state index in [0.717, 1.165) is 31.2 Å². The van der Waals surface area contributed by atoms with Gasteiger partial charge in [-0.25, -0.2) is 0 Å². The zero-order chi connectivity index (χ0) is 16.1. The molecule has 122 valence electrons. The van der Waals surface area contributed by atoms with Gasteiger partial charge in [-0.3, -0.25) is 4.79 Å². The maximum absolute atomic E-state index is 12.2. The van der Waals surface area contributed by atoms with Gasteiger partial charge in [-0.1, -0.05) is 48.7 Å². The van der Waals surface area contributed by atoms with E-state index in [-0.39, 0.29) is 24.3 Å². The highest BCUT2D eigenvalue weighted by Crippen LogP contribution is 2.50. The molecule has 0 saturated heterocycles. The Hall–Kier alpha value is -0.770. The molecule has 0 aliphatic heterocycles. The lowest BCUT2D eigenvalue weighted by Gasteiger charge is -2.15. The quantitative estimate of drug-likeness (QED) is 0.749. The first kappa shape index (κ1) is 17.6. The predicted molar refractivity (Wildman–Crippen MR) is 90.4 cm³/mol. The Labute approximate surface area is 142 Å². The summed E-state index contributed by atoms with van der Waals surface area (Å²) in [7, 11) is 0. The Bertz CT molecular complexity index is 515. The van der Waals surface area contributed by atoms with Gasteiger partial charge in [-0.2, -0.15) is 0 Å². The van der Waals surface area contributed by atoms with Crippen molar-refractivity contribution in [2.75, 3.05) is 13.2 Å². The molecule has 0 spiro atoms. The standard InChI is InChI=1S/C17H23Cl2NO2/c1-2-4-11(7-8-21)10-20-17(22)14-9-13(14)12-5-3-6-15(18)16(12)19/h3,5-6,11,13-14,21H,2,4,7-10H2,1H3,(H,20,22). The fourth-order valence-corrected chi connectivity index (χ4v) is 3.40. The van der Waals surface area contributed by atoms with E-state index in [1.54, 1.807) is 6.07 Å². The van der Waals surface area contributed by atoms with Crippen molar-refractivity contribution >= 4 is 29.1 Å². The van der Waals surface area contributed by atoms with E-state index in [2.05, 4.69) is 12.2 Å². The lowest BCUT2D eigenvalue weighted by molar-refractivity contribution is -0.122. The Morgan fingerprint density at radius 1 is 1.41 bits per heavy atom. The lowest BCUT2D eigenvalue weighted by atomic mass is 10.00. The topological polar surface area (TPSA) is 49.3 Å². The van der Waals surface area contributed by atoms with E-state index in [0.29, 0.717) is 22.5 Å². The highest BCUT2D eigenvalue weighted by atomic mass is 35.5. The molecule has 1 aromatic carbocycles. The average Bonchev–Trinajstić information content (AvgIpc) is 3.28. The fourth-order valence-electron chi connectivity index (χ4n) is 2.95. The van der Waals surface area contributed by atoms with Gasteiger partial charge in [-0.05, 0) is 42.7 Å². The summed E-state index contributed by atoms with van der Waals surface area (Å²) in [5.41, 5.74) is 0.967. The van der Waals surface area contributed by atoms with Crippen LogP contribution in [0.3, 0.4) is 0 Å². The first-order chi connectivity index (χ1) is 10.6. The molecule has 0 heterocycles. The van der Waals surface area contributed by atoms with Crippen LogP contribution in [0, 0.1) is 11.8 Å². The average molecular weight is 344 g/mol. The molecule has 1 aromatic rings. The monoisotopic (exact) mass is 343 g/mol. The summed E-state index contributed by atoms with van der Waals surface area (Å²) in [6, 6.07) is 5.57. The Balaban J connectivity index is 1.86. The second-order valence-corrected chi connectivity index (χ2v) is 6.79. The highest BCUT2D eigenvalue weighted by Gasteiger charge is 2.45. The molecule has 1 aliphatic carbocycles. The number of benzene rings is 1. The summed E-state index contributed by atoms with van der Waals surface area (Å²) in [5, 5.41) is 13.2. The summed E-state index contributed by atoms with van der Waals surface area (Å²) in [6.45, 7) is 2.93. The van der Waals surface area contributed by atoms with Crippen molar-refractivity contribution in [3.63, 3.8) is 0 Å². The van der Waals surface area contributed by atoms with Gasteiger partial charge in [0.15, 0.2) is 0 Å². The molecular weight excluding hydrogens is 321 g/mol. The molecule has 5 heteroatoms. The number of aliphatic hydroxyl groups is 1. The molecular formula is C17H23Cl2NO2. The third-order valence-corrected chi connectivity index (χ3v) is 5.14. The maximum atomic E-state index is 12.2. The number of rotatable bonds is 8. The molecule has 1 saturated carbocycles. The molecule has 3 atom stereocenters. The van der Waals surface area contributed by atoms with Crippen molar-refractivity contribution in [1.29, 1.82) is 0 Å². The maximum Gasteiger partial charge on any atom is 0.223 e. The Kier molecular flexibility index (Phi) is 6.54. The van der Waals surface area contributed by atoms with Crippen LogP contribution in [0.5, 0.6) is 0 Å². The van der Waals surface area contributed by atoms with E-state index in [1.807, 2.05) is 12.1 Å². The molecule has 2 N–H and O–H groups in total. The number of halogens is 2. The van der Waals surface area contributed by atoms with E-state index in [9.17, 15) is 4.79 Å². The molecule has 0 aromatic heterocycles. The van der Waals surface area contributed by atoms with Crippen molar-refractivity contribution in [3.05, 3.63) is 33.8 Å². The second-order valence-electron chi connectivity index (χ2n) is 6.00. The van der Waals surface area contributed by atoms with Crippen LogP contribution in [0.1, 0.15) is 44.1 Å². The van der Waals surface area contributed by atoms with Gasteiger partial charge in [0, 0.05) is 19.1 Å². The molecule has 1 amide bonds. The molecule has 1 fully saturated rings. The van der Waals surface area contributed by atoms with Gasteiger partial charge in [0.2, 0.25) is 5.91 Å². The zero-order valence-electron chi connectivity index (χ0n) is 12.8. The highest BCUT2D eigenvalue weighted by molar-refractivity contribution is 6.42. The normalized spacial score (nSPS) is 21.5. The number of carbonyl (C=O) groups is 1. The summed E-state index contributed by atoms with van der Waals surface area (Å²) in [6.07, 6.45) is 3.65. The van der Waals surface area contributed by atoms with Crippen LogP contribution in [0.4, 0.5) is 0 Å². The van der Waals surface area contributed by atoms with E-state index in [1.165, 1.54) is 0 Å². The predicted octanol–water partition coefficient (Wildman–Crippen LogP) is 4.01. The molecule has 2 rings (SSSR count). The molecule has 22 heavy (non-hydrogen) atoms. The second kappa shape index (κ2) is 8.19. The van der Waals surface area contributed by atoms with Gasteiger partial charge in [0.25, 0.3) is 0 Å². The van der Waals surface area contributed by atoms with Crippen LogP contribution >= 0.6 is 23.2 Å². The van der Waals surface area contributed by atoms with Crippen LogP contribution in [-0.2, 0) is 4.79 Å².